The number of rotatable bonds is 2. The molecule has 0 aliphatic rings. The van der Waals surface area contributed by atoms with Crippen LogP contribution < -0.4 is 0 Å². The van der Waals surface area contributed by atoms with Crippen LogP contribution in [0.25, 0.3) is 0 Å². The third kappa shape index (κ3) is 2.10. The molecule has 0 N–H and O–H groups in total. The van der Waals surface area contributed by atoms with Crippen molar-refractivity contribution in [1.29, 1.82) is 0 Å². The highest BCUT2D eigenvalue weighted by Crippen LogP contribution is 2.12. The summed E-state index contributed by atoms with van der Waals surface area (Å²) in [6.07, 6.45) is 1.53. The molecule has 1 aromatic rings. The molecule has 0 bridgehead atoms. The van der Waals surface area contributed by atoms with Crippen LogP contribution in [0.1, 0.15) is 5.56 Å². The highest BCUT2D eigenvalue weighted by molar-refractivity contribution is 9.10. The summed E-state index contributed by atoms with van der Waals surface area (Å²) in [4.78, 5) is 0. The summed E-state index contributed by atoms with van der Waals surface area (Å²) in [6.45, 7) is -0.406. The Morgan fingerprint density at radius 2 is 2.30 bits per heavy atom. The van der Waals surface area contributed by atoms with E-state index in [1.165, 1.54) is 6.42 Å². The van der Waals surface area contributed by atoms with Gasteiger partial charge in [-0.2, -0.15) is 0 Å². The average Bonchev–Trinajstić information content (AvgIpc) is 1.88. The van der Waals surface area contributed by atoms with Crippen LogP contribution in [0, 0.1) is 6.42 Å². The number of benzene rings is 1. The Hall–Kier alpha value is -0.370. The van der Waals surface area contributed by atoms with E-state index in [0.29, 0.717) is 0 Å². The third-order valence-electron chi connectivity index (χ3n) is 1.16. The molecular formula is C8H7BrF. The van der Waals surface area contributed by atoms with Crippen molar-refractivity contribution >= 4 is 15.9 Å². The van der Waals surface area contributed by atoms with E-state index in [1.807, 2.05) is 24.3 Å². The lowest BCUT2D eigenvalue weighted by molar-refractivity contribution is 0.544. The molecule has 0 saturated carbocycles. The maximum absolute atomic E-state index is 11.7. The van der Waals surface area contributed by atoms with Gasteiger partial charge in [-0.1, -0.05) is 28.1 Å². The van der Waals surface area contributed by atoms with Gasteiger partial charge in [0.05, 0.1) is 6.67 Å². The van der Waals surface area contributed by atoms with Gasteiger partial charge in [-0.05, 0) is 17.7 Å². The molecule has 0 heterocycles. The number of hydrogen-bond acceptors (Lipinski definition) is 0. The molecular weight excluding hydrogens is 195 g/mol. The molecule has 0 atom stereocenters. The zero-order valence-corrected chi connectivity index (χ0v) is 6.94. The minimum absolute atomic E-state index is 0.406. The molecule has 10 heavy (non-hydrogen) atoms. The van der Waals surface area contributed by atoms with Gasteiger partial charge in [-0.25, -0.2) is 0 Å². The molecule has 0 unspecified atom stereocenters. The lowest BCUT2D eigenvalue weighted by Gasteiger charge is -1.95. The fourth-order valence-corrected chi connectivity index (χ4v) is 1.14. The van der Waals surface area contributed by atoms with Gasteiger partial charge < -0.3 is 0 Å². The third-order valence-corrected chi connectivity index (χ3v) is 1.65. The van der Waals surface area contributed by atoms with Crippen LogP contribution >= 0.6 is 15.9 Å². The van der Waals surface area contributed by atoms with Crippen LogP contribution in [-0.4, -0.2) is 6.67 Å². The van der Waals surface area contributed by atoms with Crippen LogP contribution in [0.4, 0.5) is 4.39 Å². The Morgan fingerprint density at radius 1 is 1.50 bits per heavy atom. The van der Waals surface area contributed by atoms with Gasteiger partial charge in [-0.15, -0.1) is 0 Å². The second-order valence-electron chi connectivity index (χ2n) is 1.91. The molecule has 0 aliphatic carbocycles. The van der Waals surface area contributed by atoms with Gasteiger partial charge in [-0.3, -0.25) is 4.39 Å². The Kier molecular flexibility index (Phi) is 2.87. The Morgan fingerprint density at radius 3 is 2.90 bits per heavy atom. The summed E-state index contributed by atoms with van der Waals surface area (Å²) >= 11 is 3.29. The number of halogens is 2. The molecule has 0 fully saturated rings. The van der Waals surface area contributed by atoms with Crippen molar-refractivity contribution in [3.05, 3.63) is 40.7 Å². The smallest absolute Gasteiger partial charge is 0.0969 e. The van der Waals surface area contributed by atoms with E-state index in [4.69, 9.17) is 0 Å². The molecule has 0 nitrogen and oxygen atoms in total. The maximum atomic E-state index is 11.7. The first-order chi connectivity index (χ1) is 4.83. The largest absolute Gasteiger partial charge is 0.250 e. The molecule has 0 saturated heterocycles. The van der Waals surface area contributed by atoms with E-state index in [0.717, 1.165) is 10.0 Å². The number of alkyl halides is 1. The van der Waals surface area contributed by atoms with Crippen LogP contribution in [-0.2, 0) is 0 Å². The van der Waals surface area contributed by atoms with Crippen molar-refractivity contribution in [1.82, 2.24) is 0 Å². The molecule has 0 aliphatic heterocycles. The van der Waals surface area contributed by atoms with Crippen molar-refractivity contribution in [2.45, 2.75) is 0 Å². The zero-order valence-electron chi connectivity index (χ0n) is 5.35. The molecule has 0 amide bonds. The van der Waals surface area contributed by atoms with Crippen LogP contribution in [0.15, 0.2) is 28.7 Å². The van der Waals surface area contributed by atoms with Gasteiger partial charge in [0.2, 0.25) is 0 Å². The van der Waals surface area contributed by atoms with E-state index in [1.54, 1.807) is 0 Å². The van der Waals surface area contributed by atoms with E-state index in [-0.39, 0.29) is 0 Å². The van der Waals surface area contributed by atoms with Gasteiger partial charge in [0.25, 0.3) is 0 Å². The predicted octanol–water partition coefficient (Wildman–Crippen LogP) is 2.97. The minimum atomic E-state index is -0.406. The van der Waals surface area contributed by atoms with Crippen molar-refractivity contribution < 1.29 is 4.39 Å². The quantitative estimate of drug-likeness (QED) is 0.691. The molecule has 0 spiro atoms. The SMILES string of the molecule is FC[CH]c1cccc(Br)c1. The standard InChI is InChI=1S/C8H7BrF/c9-8-3-1-2-7(6-8)4-5-10/h1-4,6H,5H2. The first kappa shape index (κ1) is 7.73. The van der Waals surface area contributed by atoms with E-state index in [2.05, 4.69) is 15.9 Å². The molecule has 0 aromatic heterocycles. The monoisotopic (exact) mass is 201 g/mol. The van der Waals surface area contributed by atoms with E-state index < -0.39 is 6.67 Å². The second-order valence-corrected chi connectivity index (χ2v) is 2.83. The Labute approximate surface area is 68.2 Å². The second kappa shape index (κ2) is 3.71. The Bertz CT molecular complexity index is 210. The summed E-state index contributed by atoms with van der Waals surface area (Å²) < 4.78 is 12.7. The van der Waals surface area contributed by atoms with Crippen LogP contribution in [0.3, 0.4) is 0 Å². The first-order valence-electron chi connectivity index (χ1n) is 2.97. The van der Waals surface area contributed by atoms with Crippen molar-refractivity contribution in [2.75, 3.05) is 6.67 Å². The molecule has 1 radical (unpaired) electrons. The molecule has 1 aromatic carbocycles. The number of hydrogen-bond donors (Lipinski definition) is 0. The highest BCUT2D eigenvalue weighted by atomic mass is 79.9. The molecule has 1 rings (SSSR count). The summed E-state index contributed by atoms with van der Waals surface area (Å²) in [5.74, 6) is 0. The summed E-state index contributed by atoms with van der Waals surface area (Å²) in [5, 5.41) is 0. The summed E-state index contributed by atoms with van der Waals surface area (Å²) in [6, 6.07) is 7.53. The van der Waals surface area contributed by atoms with Gasteiger partial charge >= 0.3 is 0 Å². The highest BCUT2D eigenvalue weighted by Gasteiger charge is 1.91. The molecule has 53 valence electrons. The van der Waals surface area contributed by atoms with Crippen molar-refractivity contribution in [3.8, 4) is 0 Å². The van der Waals surface area contributed by atoms with Gasteiger partial charge in [0.15, 0.2) is 0 Å². The van der Waals surface area contributed by atoms with Crippen LogP contribution in [0.2, 0.25) is 0 Å². The first-order valence-corrected chi connectivity index (χ1v) is 3.77. The van der Waals surface area contributed by atoms with Crippen molar-refractivity contribution in [3.63, 3.8) is 0 Å². The lowest BCUT2D eigenvalue weighted by Crippen LogP contribution is -1.81. The normalized spacial score (nSPS) is 9.80. The van der Waals surface area contributed by atoms with Crippen molar-refractivity contribution in [2.24, 2.45) is 0 Å². The average molecular weight is 202 g/mol. The topological polar surface area (TPSA) is 0 Å². The summed E-state index contributed by atoms with van der Waals surface area (Å²) in [7, 11) is 0. The zero-order chi connectivity index (χ0) is 7.40. The fourth-order valence-electron chi connectivity index (χ4n) is 0.723. The maximum Gasteiger partial charge on any atom is 0.0969 e. The van der Waals surface area contributed by atoms with Gasteiger partial charge in [0, 0.05) is 10.9 Å². The minimum Gasteiger partial charge on any atom is -0.250 e. The van der Waals surface area contributed by atoms with Gasteiger partial charge in [0.1, 0.15) is 0 Å². The van der Waals surface area contributed by atoms with E-state index >= 15 is 0 Å². The molecule has 2 heteroatoms. The predicted molar refractivity (Wildman–Crippen MR) is 43.5 cm³/mol. The lowest BCUT2D eigenvalue weighted by atomic mass is 10.2. The van der Waals surface area contributed by atoms with Crippen LogP contribution in [0.5, 0.6) is 0 Å². The van der Waals surface area contributed by atoms with E-state index in [9.17, 15) is 4.39 Å². The fraction of sp³-hybridized carbons (Fsp3) is 0.125. The Balaban J connectivity index is 2.75. The summed E-state index contributed by atoms with van der Waals surface area (Å²) in [5.41, 5.74) is 0.914.